The lowest BCUT2D eigenvalue weighted by atomic mass is 10.1. The van der Waals surface area contributed by atoms with Gasteiger partial charge in [-0.15, -0.1) is 0 Å². The Labute approximate surface area is 317 Å². The van der Waals surface area contributed by atoms with Crippen LogP contribution in [0.5, 0.6) is 0 Å². The quantitative estimate of drug-likeness (QED) is 0.0819. The molecule has 0 unspecified atom stereocenters. The summed E-state index contributed by atoms with van der Waals surface area (Å²) in [7, 11) is 0. The number of rotatable bonds is 18. The van der Waals surface area contributed by atoms with Crippen LogP contribution in [0.15, 0.2) is 36.5 Å². The van der Waals surface area contributed by atoms with Crippen LogP contribution in [0.25, 0.3) is 0 Å². The van der Waals surface area contributed by atoms with E-state index in [4.69, 9.17) is 0 Å². The Morgan fingerprint density at radius 1 is 0.682 bits per heavy atom. The summed E-state index contributed by atoms with van der Waals surface area (Å²) in [5.74, 6) is 22.2. The van der Waals surface area contributed by atoms with Gasteiger partial charge < -0.3 is 0 Å². The fourth-order valence-corrected chi connectivity index (χ4v) is 12.0. The van der Waals surface area contributed by atoms with Crippen LogP contribution in [0.3, 0.4) is 0 Å². The van der Waals surface area contributed by atoms with Crippen LogP contribution in [-0.2, 0) is 0 Å². The predicted octanol–water partition coefficient (Wildman–Crippen LogP) is 13.1. The van der Waals surface area contributed by atoms with Crippen molar-refractivity contribution in [2.45, 2.75) is 73.6 Å². The zero-order valence-corrected chi connectivity index (χ0v) is 36.9. The van der Waals surface area contributed by atoms with E-state index < -0.39 is 0 Å². The molecule has 0 aromatic heterocycles. The lowest BCUT2D eigenvalue weighted by Crippen LogP contribution is -2.04. The van der Waals surface area contributed by atoms with E-state index >= 15 is 0 Å². The minimum atomic E-state index is 0.976. The van der Waals surface area contributed by atoms with E-state index in [1.807, 2.05) is 72.7 Å². The number of hydrogen-bond donors (Lipinski definition) is 1. The molecule has 0 bridgehead atoms. The third-order valence-electron chi connectivity index (χ3n) is 5.44. The zero-order valence-electron chi connectivity index (χ0n) is 29.5. The van der Waals surface area contributed by atoms with Gasteiger partial charge >= 0.3 is 0 Å². The van der Waals surface area contributed by atoms with Crippen molar-refractivity contribution in [1.29, 1.82) is 0 Å². The van der Waals surface area contributed by atoms with Gasteiger partial charge in [0.15, 0.2) is 0 Å². The van der Waals surface area contributed by atoms with Gasteiger partial charge in [-0.3, -0.25) is 0 Å². The van der Waals surface area contributed by atoms with Crippen LogP contribution in [0, 0.1) is 5.92 Å². The SMILES string of the molecule is C=C(CCC)CSCCS.C=C(CSCC)CSCCSCCC.C=C1CSCCSC1.CC.CCCC1CSCCSC1. The van der Waals surface area contributed by atoms with E-state index in [0.717, 1.165) is 34.7 Å². The van der Waals surface area contributed by atoms with Crippen LogP contribution in [0.1, 0.15) is 73.6 Å². The second kappa shape index (κ2) is 45.4. The highest BCUT2D eigenvalue weighted by molar-refractivity contribution is 8.04. The number of thioether (sulfide) groups is 8. The fraction of sp³-hybridized carbons (Fsp3) is 0.829. The van der Waals surface area contributed by atoms with Gasteiger partial charge in [-0.05, 0) is 53.9 Å². The molecular weight excluding hydrogens is 709 g/mol. The minimum Gasteiger partial charge on any atom is -0.179 e. The number of hydrogen-bond acceptors (Lipinski definition) is 9. The Hall–Kier alpha value is 2.37. The van der Waals surface area contributed by atoms with Crippen molar-refractivity contribution in [3.05, 3.63) is 36.5 Å². The zero-order chi connectivity index (χ0) is 33.5. The Balaban J connectivity index is -0.000000508. The molecule has 0 radical (unpaired) electrons. The summed E-state index contributed by atoms with van der Waals surface area (Å²) in [5, 5.41) is 0. The molecule has 0 amide bonds. The van der Waals surface area contributed by atoms with Crippen molar-refractivity contribution in [2.75, 3.05) is 97.8 Å². The van der Waals surface area contributed by atoms with Crippen molar-refractivity contribution >= 4 is 107 Å². The molecule has 0 spiro atoms. The lowest BCUT2D eigenvalue weighted by Gasteiger charge is -2.09. The molecule has 264 valence electrons. The molecule has 0 aromatic rings. The van der Waals surface area contributed by atoms with Gasteiger partial charge in [0, 0.05) is 69.0 Å². The topological polar surface area (TPSA) is 0 Å². The molecule has 2 saturated heterocycles. The Morgan fingerprint density at radius 3 is 1.73 bits per heavy atom. The summed E-state index contributed by atoms with van der Waals surface area (Å²) in [4.78, 5) is 0. The first-order chi connectivity index (χ1) is 21.4. The molecule has 2 fully saturated rings. The van der Waals surface area contributed by atoms with E-state index in [0.29, 0.717) is 0 Å². The highest BCUT2D eigenvalue weighted by Gasteiger charge is 2.10. The van der Waals surface area contributed by atoms with E-state index in [-0.39, 0.29) is 0 Å². The first-order valence-corrected chi connectivity index (χ1v) is 26.5. The van der Waals surface area contributed by atoms with Crippen molar-refractivity contribution in [3.63, 3.8) is 0 Å². The Morgan fingerprint density at radius 2 is 1.20 bits per heavy atom. The molecule has 2 heterocycles. The summed E-state index contributed by atoms with van der Waals surface area (Å²) in [6.07, 6.45) is 6.51. The first-order valence-electron chi connectivity index (χ1n) is 16.7. The summed E-state index contributed by atoms with van der Waals surface area (Å²) < 4.78 is 0. The predicted molar refractivity (Wildman–Crippen MR) is 240 cm³/mol. The van der Waals surface area contributed by atoms with Crippen LogP contribution < -0.4 is 0 Å². The van der Waals surface area contributed by atoms with Crippen molar-refractivity contribution in [1.82, 2.24) is 0 Å². The van der Waals surface area contributed by atoms with Gasteiger partial charge in [0.1, 0.15) is 0 Å². The third kappa shape index (κ3) is 44.4. The summed E-state index contributed by atoms with van der Waals surface area (Å²) in [6, 6.07) is 0. The second-order valence-electron chi connectivity index (χ2n) is 9.99. The largest absolute Gasteiger partial charge is 0.179 e. The third-order valence-corrected chi connectivity index (χ3v) is 15.8. The first kappa shape index (κ1) is 50.7. The molecule has 0 N–H and O–H groups in total. The Bertz CT molecular complexity index is 581. The van der Waals surface area contributed by atoms with Crippen LogP contribution in [0.2, 0.25) is 0 Å². The Kier molecular flexibility index (Phi) is 52.3. The molecular formula is C35H70S9. The monoisotopic (exact) mass is 778 g/mol. The van der Waals surface area contributed by atoms with Gasteiger partial charge in [-0.2, -0.15) is 107 Å². The molecule has 44 heavy (non-hydrogen) atoms. The van der Waals surface area contributed by atoms with Crippen LogP contribution >= 0.6 is 107 Å². The average molecular weight is 780 g/mol. The molecule has 0 atom stereocenters. The van der Waals surface area contributed by atoms with E-state index in [1.54, 1.807) is 0 Å². The molecule has 0 aliphatic carbocycles. The van der Waals surface area contributed by atoms with Crippen molar-refractivity contribution < 1.29 is 0 Å². The summed E-state index contributed by atoms with van der Waals surface area (Å²) in [6.45, 7) is 24.9. The fourth-order valence-electron chi connectivity index (χ4n) is 3.41. The van der Waals surface area contributed by atoms with Gasteiger partial charge in [0.2, 0.25) is 0 Å². The second-order valence-corrected chi connectivity index (χ2v) is 19.7. The highest BCUT2D eigenvalue weighted by atomic mass is 32.2. The molecule has 9 heteroatoms. The van der Waals surface area contributed by atoms with Crippen LogP contribution in [-0.4, -0.2) is 97.8 Å². The van der Waals surface area contributed by atoms with E-state index in [9.17, 15) is 0 Å². The van der Waals surface area contributed by atoms with Crippen LogP contribution in [0.4, 0.5) is 0 Å². The number of thiol groups is 1. The standard InChI is InChI=1S/C11H22S3.2C8H16S2.C6H10S2.C2H6/c1-4-6-13-7-8-14-10-11(3)9-12-5-2;1-2-3-8-6-9-4-5-10-7-8;1-3-4-8(2)7-10-6-5-9;1-6-4-7-2-3-8-5-6;1-2/h3-10H2,1-2H3;8H,2-7H2,1H3;9H,2-7H2,1H3;1-5H2;1-2H3. The molecule has 2 aliphatic heterocycles. The summed E-state index contributed by atoms with van der Waals surface area (Å²) in [5.41, 5.74) is 4.16. The lowest BCUT2D eigenvalue weighted by molar-refractivity contribution is 0.595. The normalized spacial score (nSPS) is 14.9. The molecule has 2 aliphatic rings. The molecule has 0 aromatic carbocycles. The minimum absolute atomic E-state index is 0.976. The highest BCUT2D eigenvalue weighted by Crippen LogP contribution is 2.24. The van der Waals surface area contributed by atoms with Gasteiger partial charge in [0.25, 0.3) is 0 Å². The maximum absolute atomic E-state index is 4.12. The maximum Gasteiger partial charge on any atom is 0.0149 e. The van der Waals surface area contributed by atoms with Crippen molar-refractivity contribution in [2.24, 2.45) is 5.92 Å². The van der Waals surface area contributed by atoms with E-state index in [1.165, 1.54) is 118 Å². The smallest absolute Gasteiger partial charge is 0.0149 e. The molecule has 2 rings (SSSR count). The average Bonchev–Trinajstić information content (AvgIpc) is 3.45. The van der Waals surface area contributed by atoms with E-state index in [2.05, 4.69) is 95.3 Å². The van der Waals surface area contributed by atoms with Crippen molar-refractivity contribution in [3.8, 4) is 0 Å². The summed E-state index contributed by atoms with van der Waals surface area (Å²) >= 11 is 20.4. The van der Waals surface area contributed by atoms with Gasteiger partial charge in [-0.25, -0.2) is 0 Å². The van der Waals surface area contributed by atoms with Gasteiger partial charge in [-0.1, -0.05) is 90.8 Å². The van der Waals surface area contributed by atoms with Gasteiger partial charge in [0.05, 0.1) is 0 Å². The molecule has 0 saturated carbocycles. The maximum atomic E-state index is 4.12. The molecule has 0 nitrogen and oxygen atoms in total.